The molecule has 154 valence electrons. The van der Waals surface area contributed by atoms with E-state index in [-0.39, 0.29) is 30.0 Å². The summed E-state index contributed by atoms with van der Waals surface area (Å²) in [6, 6.07) is 0. The van der Waals surface area contributed by atoms with E-state index in [0.29, 0.717) is 5.76 Å². The van der Waals surface area contributed by atoms with Crippen LogP contribution in [0.15, 0.2) is 22.3 Å². The smallest absolute Gasteiger partial charge is 0.132 e. The first kappa shape index (κ1) is 19.1. The van der Waals surface area contributed by atoms with E-state index in [1.165, 1.54) is 5.57 Å². The standard InChI is InChI=1S/C22H29ClO5/c1-11(2)22(25)17(23)7-16-20(3)6-5-12-13(10-27-15(12)9-24)18(20)14-8-21(16,28-14)19(22)26-4/h7,10-11,14,17-19,24-25H,5-6,8-9H2,1-4H3. The van der Waals surface area contributed by atoms with Gasteiger partial charge in [0.25, 0.3) is 0 Å². The van der Waals surface area contributed by atoms with Gasteiger partial charge in [-0.25, -0.2) is 0 Å². The molecular formula is C22H29ClO5. The van der Waals surface area contributed by atoms with Crippen LogP contribution in [0.3, 0.4) is 0 Å². The highest BCUT2D eigenvalue weighted by Crippen LogP contribution is 2.70. The number of aliphatic hydroxyl groups excluding tert-OH is 1. The van der Waals surface area contributed by atoms with E-state index < -0.39 is 22.7 Å². The molecule has 3 heterocycles. The van der Waals surface area contributed by atoms with Crippen molar-refractivity contribution in [3.8, 4) is 0 Å². The van der Waals surface area contributed by atoms with Crippen LogP contribution in [0.1, 0.15) is 56.4 Å². The maximum absolute atomic E-state index is 11.6. The second-order valence-electron chi connectivity index (χ2n) is 9.54. The van der Waals surface area contributed by atoms with Crippen LogP contribution in [0.5, 0.6) is 0 Å². The van der Waals surface area contributed by atoms with Crippen molar-refractivity contribution < 1.29 is 24.1 Å². The molecule has 1 spiro atoms. The fourth-order valence-electron chi connectivity index (χ4n) is 6.75. The molecule has 0 aromatic carbocycles. The zero-order valence-corrected chi connectivity index (χ0v) is 17.6. The molecule has 2 aliphatic heterocycles. The van der Waals surface area contributed by atoms with Gasteiger partial charge >= 0.3 is 0 Å². The molecule has 2 N–H and O–H groups in total. The highest BCUT2D eigenvalue weighted by molar-refractivity contribution is 6.23. The van der Waals surface area contributed by atoms with Crippen molar-refractivity contribution in [2.24, 2.45) is 11.3 Å². The molecular weight excluding hydrogens is 380 g/mol. The summed E-state index contributed by atoms with van der Waals surface area (Å²) < 4.78 is 18.2. The fraction of sp³-hybridized carbons (Fsp3) is 0.727. The average Bonchev–Trinajstić information content (AvgIpc) is 3.04. The van der Waals surface area contributed by atoms with Gasteiger partial charge in [-0.3, -0.25) is 0 Å². The summed E-state index contributed by atoms with van der Waals surface area (Å²) in [4.78, 5) is 0. The lowest BCUT2D eigenvalue weighted by atomic mass is 9.45. The molecule has 0 radical (unpaired) electrons. The highest BCUT2D eigenvalue weighted by atomic mass is 35.5. The Bertz CT molecular complexity index is 838. The van der Waals surface area contributed by atoms with E-state index in [0.717, 1.165) is 30.4 Å². The number of ether oxygens (including phenoxy) is 2. The summed E-state index contributed by atoms with van der Waals surface area (Å²) in [7, 11) is 1.65. The molecule has 3 aliphatic carbocycles. The van der Waals surface area contributed by atoms with Crippen LogP contribution in [0, 0.1) is 11.3 Å². The second-order valence-corrected chi connectivity index (χ2v) is 10.0. The van der Waals surface area contributed by atoms with E-state index in [2.05, 4.69) is 13.0 Å². The molecule has 1 aromatic heterocycles. The Morgan fingerprint density at radius 3 is 2.71 bits per heavy atom. The molecule has 7 atom stereocenters. The van der Waals surface area contributed by atoms with Crippen molar-refractivity contribution in [3.63, 3.8) is 0 Å². The molecule has 2 bridgehead atoms. The van der Waals surface area contributed by atoms with Gasteiger partial charge < -0.3 is 24.1 Å². The third-order valence-corrected chi connectivity index (χ3v) is 8.62. The lowest BCUT2D eigenvalue weighted by molar-refractivity contribution is -0.317. The predicted octanol–water partition coefficient (Wildman–Crippen LogP) is 3.30. The number of halogens is 1. The number of alkyl halides is 1. The van der Waals surface area contributed by atoms with Crippen LogP contribution in [0.2, 0.25) is 0 Å². The van der Waals surface area contributed by atoms with Gasteiger partial charge in [0.1, 0.15) is 29.7 Å². The first-order chi connectivity index (χ1) is 13.2. The zero-order valence-electron chi connectivity index (χ0n) is 16.9. The average molecular weight is 409 g/mol. The lowest BCUT2D eigenvalue weighted by Gasteiger charge is -2.70. The summed E-state index contributed by atoms with van der Waals surface area (Å²) in [5, 5.41) is 20.6. The van der Waals surface area contributed by atoms with Gasteiger partial charge in [0.15, 0.2) is 0 Å². The summed E-state index contributed by atoms with van der Waals surface area (Å²) in [6.45, 7) is 6.18. The first-order valence-electron chi connectivity index (χ1n) is 10.2. The molecule has 1 saturated carbocycles. The quantitative estimate of drug-likeness (QED) is 0.593. The van der Waals surface area contributed by atoms with Gasteiger partial charge in [-0.2, -0.15) is 0 Å². The minimum atomic E-state index is -1.19. The largest absolute Gasteiger partial charge is 0.466 e. The molecule has 28 heavy (non-hydrogen) atoms. The Kier molecular flexibility index (Phi) is 4.00. The molecule has 7 unspecified atom stereocenters. The Morgan fingerprint density at radius 1 is 1.39 bits per heavy atom. The Labute approximate surface area is 170 Å². The van der Waals surface area contributed by atoms with E-state index in [1.54, 1.807) is 13.4 Å². The molecule has 3 fully saturated rings. The van der Waals surface area contributed by atoms with Crippen LogP contribution >= 0.6 is 11.6 Å². The molecule has 0 amide bonds. The van der Waals surface area contributed by atoms with Crippen molar-refractivity contribution in [2.75, 3.05) is 7.11 Å². The third-order valence-electron chi connectivity index (χ3n) is 8.14. The van der Waals surface area contributed by atoms with Gasteiger partial charge in [-0.1, -0.05) is 26.8 Å². The van der Waals surface area contributed by atoms with Crippen molar-refractivity contribution in [2.45, 2.75) is 81.3 Å². The second kappa shape index (κ2) is 5.86. The normalized spacial score (nSPS) is 46.4. The summed E-state index contributed by atoms with van der Waals surface area (Å²) in [5.74, 6) is 0.768. The summed E-state index contributed by atoms with van der Waals surface area (Å²) in [6.07, 6.45) is 5.99. The number of methoxy groups -OCH3 is 1. The molecule has 5 aliphatic rings. The summed E-state index contributed by atoms with van der Waals surface area (Å²) in [5.41, 5.74) is 1.52. The van der Waals surface area contributed by atoms with Crippen molar-refractivity contribution in [1.29, 1.82) is 0 Å². The van der Waals surface area contributed by atoms with E-state index in [9.17, 15) is 10.2 Å². The van der Waals surface area contributed by atoms with E-state index in [4.69, 9.17) is 25.5 Å². The highest BCUT2D eigenvalue weighted by Gasteiger charge is 2.74. The number of hydrogen-bond donors (Lipinski definition) is 2. The summed E-state index contributed by atoms with van der Waals surface area (Å²) >= 11 is 6.80. The van der Waals surface area contributed by atoms with Crippen molar-refractivity contribution in [3.05, 3.63) is 34.8 Å². The Morgan fingerprint density at radius 2 is 2.11 bits per heavy atom. The lowest BCUT2D eigenvalue weighted by Crippen LogP contribution is -2.78. The van der Waals surface area contributed by atoms with Crippen molar-refractivity contribution >= 4 is 11.6 Å². The van der Waals surface area contributed by atoms with Crippen LogP contribution in [-0.2, 0) is 22.5 Å². The van der Waals surface area contributed by atoms with Crippen LogP contribution in [0.25, 0.3) is 0 Å². The van der Waals surface area contributed by atoms with Gasteiger partial charge in [-0.05, 0) is 29.9 Å². The first-order valence-corrected chi connectivity index (χ1v) is 10.7. The Hall–Kier alpha value is -0.850. The van der Waals surface area contributed by atoms with Crippen molar-refractivity contribution in [1.82, 2.24) is 0 Å². The minimum Gasteiger partial charge on any atom is -0.466 e. The molecule has 1 aromatic rings. The maximum Gasteiger partial charge on any atom is 0.132 e. The number of hydrogen-bond acceptors (Lipinski definition) is 5. The topological polar surface area (TPSA) is 72.1 Å². The predicted molar refractivity (Wildman–Crippen MR) is 104 cm³/mol. The molecule has 5 nitrogen and oxygen atoms in total. The molecule has 6 rings (SSSR count). The SMILES string of the molecule is COC1C23CC(O2)C2c4coc(CO)c4CCC2(C)C3=CC(Cl)C1(O)C(C)C. The molecule has 6 heteroatoms. The third kappa shape index (κ3) is 1.98. The van der Waals surface area contributed by atoms with Gasteiger partial charge in [0, 0.05) is 30.4 Å². The number of rotatable bonds is 3. The van der Waals surface area contributed by atoms with Gasteiger partial charge in [0.2, 0.25) is 0 Å². The molecule has 2 saturated heterocycles. The van der Waals surface area contributed by atoms with Crippen LogP contribution in [0.4, 0.5) is 0 Å². The number of fused-ring (bicyclic) bond motifs is 1. The zero-order chi connectivity index (χ0) is 20.1. The van der Waals surface area contributed by atoms with Gasteiger partial charge in [-0.15, -0.1) is 11.6 Å². The minimum absolute atomic E-state index is 0.0475. The Balaban J connectivity index is 1.66. The maximum atomic E-state index is 11.6. The van der Waals surface area contributed by atoms with Gasteiger partial charge in [0.05, 0.1) is 17.7 Å². The van der Waals surface area contributed by atoms with E-state index in [1.807, 2.05) is 13.8 Å². The van der Waals surface area contributed by atoms with Crippen LogP contribution in [-0.4, -0.2) is 46.1 Å². The fourth-order valence-corrected chi connectivity index (χ4v) is 7.25. The number of aliphatic hydroxyl groups is 2. The monoisotopic (exact) mass is 408 g/mol. The number of furan rings is 1. The van der Waals surface area contributed by atoms with E-state index >= 15 is 0 Å². The van der Waals surface area contributed by atoms with Crippen LogP contribution < -0.4 is 0 Å².